The number of amides is 1. The van der Waals surface area contributed by atoms with Crippen molar-refractivity contribution in [1.82, 2.24) is 14.6 Å². The van der Waals surface area contributed by atoms with Crippen molar-refractivity contribution < 1.29 is 19.1 Å². The molecule has 1 saturated heterocycles. The number of nitrogens with zero attached hydrogens (tertiary/aromatic N) is 3. The molecule has 2 aromatic rings. The molecule has 0 aliphatic carbocycles. The minimum Gasteiger partial charge on any atom is -0.444 e. The third-order valence-electron chi connectivity index (χ3n) is 5.07. The minimum absolute atomic E-state index is 0.000822. The van der Waals surface area contributed by atoms with E-state index in [0.29, 0.717) is 19.6 Å². The van der Waals surface area contributed by atoms with Gasteiger partial charge >= 0.3 is 11.8 Å². The topological polar surface area (TPSA) is 106 Å². The second kappa shape index (κ2) is 8.00. The molecule has 0 radical (unpaired) electrons. The van der Waals surface area contributed by atoms with E-state index in [0.717, 1.165) is 12.5 Å². The lowest BCUT2D eigenvalue weighted by Crippen LogP contribution is -2.38. The molecule has 2 N–H and O–H groups in total. The summed E-state index contributed by atoms with van der Waals surface area (Å²) in [4.78, 5) is 38.0. The molecule has 1 aliphatic heterocycles. The van der Waals surface area contributed by atoms with Gasteiger partial charge < -0.3 is 20.2 Å². The van der Waals surface area contributed by atoms with Crippen molar-refractivity contribution in [3.05, 3.63) is 38.8 Å². The van der Waals surface area contributed by atoms with Crippen molar-refractivity contribution in [3.8, 4) is 0 Å². The third-order valence-corrected chi connectivity index (χ3v) is 5.07. The van der Waals surface area contributed by atoms with Crippen LogP contribution in [0.1, 0.15) is 34.1 Å². The summed E-state index contributed by atoms with van der Waals surface area (Å²) in [6, 6.07) is 2.53. The summed E-state index contributed by atoms with van der Waals surface area (Å²) in [6.07, 6.45) is 0.247. The molecule has 0 saturated carbocycles. The van der Waals surface area contributed by atoms with Crippen LogP contribution in [0.25, 0.3) is 10.9 Å². The molecule has 30 heavy (non-hydrogen) atoms. The van der Waals surface area contributed by atoms with Gasteiger partial charge in [-0.3, -0.25) is 9.36 Å². The first-order chi connectivity index (χ1) is 14.0. The Hall–Kier alpha value is -3.04. The number of hydrogen-bond donors (Lipinski definition) is 2. The van der Waals surface area contributed by atoms with E-state index in [4.69, 9.17) is 4.74 Å². The summed E-state index contributed by atoms with van der Waals surface area (Å²) in [5.74, 6) is -0.506. The zero-order chi connectivity index (χ0) is 22.2. The van der Waals surface area contributed by atoms with E-state index in [1.54, 1.807) is 27.7 Å². The maximum Gasteiger partial charge on any atom is 0.407 e. The Morgan fingerprint density at radius 1 is 1.33 bits per heavy atom. The number of carbonyl (C=O) groups excluding carboxylic acids is 1. The highest BCUT2D eigenvalue weighted by atomic mass is 19.1. The van der Waals surface area contributed by atoms with Crippen molar-refractivity contribution in [1.29, 1.82) is 0 Å². The van der Waals surface area contributed by atoms with Gasteiger partial charge in [0.1, 0.15) is 11.4 Å². The normalized spacial score (nSPS) is 16.8. The number of hydrogen-bond acceptors (Lipinski definition) is 6. The Labute approximate surface area is 172 Å². The first kappa shape index (κ1) is 21.7. The number of rotatable bonds is 4. The van der Waals surface area contributed by atoms with Gasteiger partial charge in [0.25, 0.3) is 5.56 Å². The Morgan fingerprint density at radius 2 is 2.03 bits per heavy atom. The van der Waals surface area contributed by atoms with Crippen LogP contribution in [0, 0.1) is 11.7 Å². The third kappa shape index (κ3) is 4.27. The summed E-state index contributed by atoms with van der Waals surface area (Å²) in [5, 5.41) is 12.4. The number of alkyl carbamates (subject to hydrolysis) is 1. The van der Waals surface area contributed by atoms with Gasteiger partial charge in [-0.1, -0.05) is 4.73 Å². The summed E-state index contributed by atoms with van der Waals surface area (Å²) < 4.78 is 21.2. The fourth-order valence-electron chi connectivity index (χ4n) is 3.67. The average Bonchev–Trinajstić information content (AvgIpc) is 3.13. The number of fused-ring (bicyclic) bond motifs is 1. The molecule has 0 bridgehead atoms. The maximum absolute atomic E-state index is 14.8. The fourth-order valence-corrected chi connectivity index (χ4v) is 3.67. The molecular weight excluding hydrogens is 395 g/mol. The van der Waals surface area contributed by atoms with E-state index in [1.807, 2.05) is 4.90 Å². The number of ether oxygens (including phenoxy) is 1. The first-order valence-electron chi connectivity index (χ1n) is 9.92. The number of halogens is 1. The lowest BCUT2D eigenvalue weighted by Gasteiger charge is -2.22. The molecule has 0 spiro atoms. The lowest BCUT2D eigenvalue weighted by atomic mass is 10.1. The summed E-state index contributed by atoms with van der Waals surface area (Å²) in [5.41, 5.74) is -1.86. The van der Waals surface area contributed by atoms with Crippen LogP contribution in [0.5, 0.6) is 0 Å². The molecule has 9 nitrogen and oxygen atoms in total. The van der Waals surface area contributed by atoms with Gasteiger partial charge in [-0.2, -0.15) is 0 Å². The van der Waals surface area contributed by atoms with Gasteiger partial charge in [-0.05, 0) is 52.2 Å². The van der Waals surface area contributed by atoms with Gasteiger partial charge in [-0.15, -0.1) is 0 Å². The highest BCUT2D eigenvalue weighted by Crippen LogP contribution is 2.29. The summed E-state index contributed by atoms with van der Waals surface area (Å²) >= 11 is 0. The van der Waals surface area contributed by atoms with Crippen LogP contribution < -0.4 is 21.5 Å². The number of anilines is 1. The molecule has 1 fully saturated rings. The Balaban J connectivity index is 1.82. The highest BCUT2D eigenvalue weighted by molar-refractivity contribution is 5.82. The van der Waals surface area contributed by atoms with Crippen LogP contribution in [0.2, 0.25) is 0 Å². The van der Waals surface area contributed by atoms with Crippen LogP contribution in [0.15, 0.2) is 21.7 Å². The standard InChI is InChI=1S/C20H27FN4O5/c1-5-24-15-9-16(14(21)8-13(15)17(26)25(29)19(24)28)23-7-6-12(11-23)10-22-18(27)30-20(2,3)4/h8-9,12,29H,5-7,10-11H2,1-4H3,(H,22,27). The second-order valence-electron chi connectivity index (χ2n) is 8.45. The molecule has 164 valence electrons. The average molecular weight is 422 g/mol. The lowest BCUT2D eigenvalue weighted by molar-refractivity contribution is 0.0520. The fraction of sp³-hybridized carbons (Fsp3) is 0.550. The molecule has 1 aromatic heterocycles. The molecule has 1 amide bonds. The zero-order valence-corrected chi connectivity index (χ0v) is 17.6. The van der Waals surface area contributed by atoms with Crippen LogP contribution in [-0.4, -0.2) is 45.8 Å². The number of benzene rings is 1. The van der Waals surface area contributed by atoms with E-state index >= 15 is 0 Å². The van der Waals surface area contributed by atoms with E-state index < -0.39 is 28.8 Å². The van der Waals surface area contributed by atoms with Gasteiger partial charge in [0.2, 0.25) is 0 Å². The predicted molar refractivity (Wildman–Crippen MR) is 110 cm³/mol. The van der Waals surface area contributed by atoms with Crippen LogP contribution in [-0.2, 0) is 11.3 Å². The van der Waals surface area contributed by atoms with Crippen molar-refractivity contribution in [2.24, 2.45) is 5.92 Å². The van der Waals surface area contributed by atoms with Crippen molar-refractivity contribution in [2.75, 3.05) is 24.5 Å². The monoisotopic (exact) mass is 422 g/mol. The number of nitrogens with one attached hydrogen (secondary N) is 1. The Kier molecular flexibility index (Phi) is 5.78. The second-order valence-corrected chi connectivity index (χ2v) is 8.45. The van der Waals surface area contributed by atoms with Crippen molar-refractivity contribution >= 4 is 22.7 Å². The van der Waals surface area contributed by atoms with E-state index in [2.05, 4.69) is 5.32 Å². The number of carbonyl (C=O) groups is 1. The van der Waals surface area contributed by atoms with Crippen LogP contribution in [0.4, 0.5) is 14.9 Å². The highest BCUT2D eigenvalue weighted by Gasteiger charge is 2.27. The van der Waals surface area contributed by atoms with Crippen molar-refractivity contribution in [3.63, 3.8) is 0 Å². The maximum atomic E-state index is 14.8. The molecule has 2 heterocycles. The molecule has 1 aliphatic rings. The first-order valence-corrected chi connectivity index (χ1v) is 9.92. The molecule has 1 aromatic carbocycles. The summed E-state index contributed by atoms with van der Waals surface area (Å²) in [6.45, 7) is 8.74. The Morgan fingerprint density at radius 3 is 2.67 bits per heavy atom. The van der Waals surface area contributed by atoms with Gasteiger partial charge in [0.15, 0.2) is 0 Å². The molecule has 3 rings (SSSR count). The predicted octanol–water partition coefficient (Wildman–Crippen LogP) is 1.91. The number of aryl methyl sites for hydroxylation is 1. The molecular formula is C20H27FN4O5. The van der Waals surface area contributed by atoms with Crippen molar-refractivity contribution in [2.45, 2.75) is 46.3 Å². The summed E-state index contributed by atoms with van der Waals surface area (Å²) in [7, 11) is 0. The van der Waals surface area contributed by atoms with Gasteiger partial charge in [0.05, 0.1) is 16.6 Å². The van der Waals surface area contributed by atoms with Crippen LogP contribution in [0.3, 0.4) is 0 Å². The largest absolute Gasteiger partial charge is 0.444 e. The smallest absolute Gasteiger partial charge is 0.407 e. The van der Waals surface area contributed by atoms with Gasteiger partial charge in [-0.25, -0.2) is 14.0 Å². The molecule has 1 unspecified atom stereocenters. The van der Waals surface area contributed by atoms with E-state index in [1.165, 1.54) is 10.6 Å². The molecule has 10 heteroatoms. The molecule has 1 atom stereocenters. The number of aromatic nitrogens is 2. The SMILES string of the molecule is CCn1c(=O)n(O)c(=O)c2cc(F)c(N3CCC(CNC(=O)OC(C)(C)C)C3)cc21. The van der Waals surface area contributed by atoms with E-state index in [-0.39, 0.29) is 33.8 Å². The quantitative estimate of drug-likeness (QED) is 0.730. The zero-order valence-electron chi connectivity index (χ0n) is 17.6. The Bertz CT molecular complexity index is 1090. The van der Waals surface area contributed by atoms with Crippen LogP contribution >= 0.6 is 0 Å². The van der Waals surface area contributed by atoms with E-state index in [9.17, 15) is 24.0 Å². The minimum atomic E-state index is -0.953. The van der Waals surface area contributed by atoms with Gasteiger partial charge in [0, 0.05) is 26.2 Å².